The van der Waals surface area contributed by atoms with Crippen molar-refractivity contribution in [2.75, 3.05) is 26.2 Å². The minimum atomic E-state index is -0.190. The molecule has 1 aliphatic heterocycles. The number of hydrogen-bond acceptors (Lipinski definition) is 3. The van der Waals surface area contributed by atoms with Gasteiger partial charge in [0.15, 0.2) is 0 Å². The second-order valence-electron chi connectivity index (χ2n) is 8.96. The fourth-order valence-corrected chi connectivity index (χ4v) is 3.77. The summed E-state index contributed by atoms with van der Waals surface area (Å²) in [6.07, 6.45) is 4.05. The lowest BCUT2D eigenvalue weighted by Crippen LogP contribution is -2.41. The van der Waals surface area contributed by atoms with Gasteiger partial charge in [0, 0.05) is 24.7 Å². The number of hydrogen-bond donors (Lipinski definition) is 1. The molecule has 0 unspecified atom stereocenters. The van der Waals surface area contributed by atoms with Crippen molar-refractivity contribution in [3.63, 3.8) is 0 Å². The fraction of sp³-hybridized carbons (Fsp3) is 0.565. The van der Waals surface area contributed by atoms with Crippen LogP contribution in [0.3, 0.4) is 0 Å². The Morgan fingerprint density at radius 3 is 2.39 bits per heavy atom. The van der Waals surface area contributed by atoms with Gasteiger partial charge in [-0.1, -0.05) is 45.4 Å². The minimum absolute atomic E-state index is 0.116. The van der Waals surface area contributed by atoms with Crippen LogP contribution in [0, 0.1) is 12.8 Å². The molecule has 0 atom stereocenters. The van der Waals surface area contributed by atoms with E-state index in [1.54, 1.807) is 0 Å². The van der Waals surface area contributed by atoms with Gasteiger partial charge in [-0.05, 0) is 50.9 Å². The predicted molar refractivity (Wildman–Crippen MR) is 114 cm³/mol. The van der Waals surface area contributed by atoms with Crippen molar-refractivity contribution in [1.82, 2.24) is 20.0 Å². The predicted octanol–water partition coefficient (Wildman–Crippen LogP) is 3.94. The van der Waals surface area contributed by atoms with Crippen molar-refractivity contribution in [2.45, 2.75) is 52.9 Å². The Kier molecular flexibility index (Phi) is 6.23. The maximum Gasteiger partial charge on any atom is 0.257 e. The summed E-state index contributed by atoms with van der Waals surface area (Å²) in [4.78, 5) is 15.4. The molecule has 1 aliphatic rings. The number of nitrogens with zero attached hydrogens (tertiary/aromatic N) is 3. The third kappa shape index (κ3) is 4.64. The first-order valence-electron chi connectivity index (χ1n) is 10.5. The summed E-state index contributed by atoms with van der Waals surface area (Å²) in [5.74, 6) is 0.784. The smallest absolute Gasteiger partial charge is 0.257 e. The van der Waals surface area contributed by atoms with E-state index in [4.69, 9.17) is 5.10 Å². The Balaban J connectivity index is 1.82. The summed E-state index contributed by atoms with van der Waals surface area (Å²) in [5, 5.41) is 8.24. The molecule has 1 saturated heterocycles. The minimum Gasteiger partial charge on any atom is -0.339 e. The van der Waals surface area contributed by atoms with Gasteiger partial charge in [-0.15, -0.1) is 0 Å². The number of likely N-dealkylation sites (tertiary alicyclic amines) is 1. The molecule has 5 nitrogen and oxygen atoms in total. The fourth-order valence-electron chi connectivity index (χ4n) is 3.77. The van der Waals surface area contributed by atoms with Gasteiger partial charge in [0.1, 0.15) is 0 Å². The number of rotatable bonds is 5. The lowest BCUT2D eigenvalue weighted by atomic mass is 9.89. The number of piperidine rings is 1. The first-order valence-corrected chi connectivity index (χ1v) is 10.5. The van der Waals surface area contributed by atoms with Crippen molar-refractivity contribution in [3.8, 4) is 5.69 Å². The Labute approximate surface area is 169 Å². The number of aromatic nitrogens is 2. The zero-order valence-corrected chi connectivity index (χ0v) is 18.0. The Morgan fingerprint density at radius 1 is 1.18 bits per heavy atom. The van der Waals surface area contributed by atoms with Crippen LogP contribution in [0.2, 0.25) is 0 Å². The van der Waals surface area contributed by atoms with Crippen molar-refractivity contribution < 1.29 is 4.79 Å². The molecule has 5 heteroatoms. The zero-order chi connectivity index (χ0) is 20.3. The van der Waals surface area contributed by atoms with Gasteiger partial charge < -0.3 is 10.2 Å². The number of benzene rings is 1. The molecule has 0 aliphatic carbocycles. The van der Waals surface area contributed by atoms with Crippen molar-refractivity contribution in [3.05, 3.63) is 47.3 Å². The van der Waals surface area contributed by atoms with E-state index < -0.39 is 0 Å². The maximum absolute atomic E-state index is 13.3. The molecule has 1 aromatic carbocycles. The first-order chi connectivity index (χ1) is 13.3. The molecule has 1 N–H and O–H groups in total. The second-order valence-corrected chi connectivity index (χ2v) is 8.96. The van der Waals surface area contributed by atoms with Gasteiger partial charge in [0.05, 0.1) is 16.9 Å². The van der Waals surface area contributed by atoms with Crippen LogP contribution in [0.4, 0.5) is 0 Å². The highest BCUT2D eigenvalue weighted by atomic mass is 16.2. The molecule has 3 rings (SSSR count). The Hall–Kier alpha value is -2.14. The molecular formula is C23H34N4O. The molecule has 0 radical (unpaired) electrons. The molecule has 1 fully saturated rings. The van der Waals surface area contributed by atoms with Crippen molar-refractivity contribution in [1.29, 1.82) is 0 Å². The zero-order valence-electron chi connectivity index (χ0n) is 18.0. The van der Waals surface area contributed by atoms with Crippen LogP contribution in [0.1, 0.15) is 62.2 Å². The van der Waals surface area contributed by atoms with Crippen LogP contribution in [0.5, 0.6) is 0 Å². The molecule has 2 aromatic rings. The molecule has 0 bridgehead atoms. The van der Waals surface area contributed by atoms with E-state index in [-0.39, 0.29) is 11.3 Å². The largest absolute Gasteiger partial charge is 0.339 e. The van der Waals surface area contributed by atoms with Crippen LogP contribution in [0.25, 0.3) is 5.69 Å². The van der Waals surface area contributed by atoms with Gasteiger partial charge >= 0.3 is 0 Å². The quantitative estimate of drug-likeness (QED) is 0.852. The van der Waals surface area contributed by atoms with Gasteiger partial charge in [0.25, 0.3) is 5.91 Å². The monoisotopic (exact) mass is 382 g/mol. The number of carbonyl (C=O) groups is 1. The highest BCUT2D eigenvalue weighted by molar-refractivity contribution is 5.95. The van der Waals surface area contributed by atoms with Crippen LogP contribution < -0.4 is 5.32 Å². The number of carbonyl (C=O) groups excluding carboxylic acids is 1. The first kappa shape index (κ1) is 20.6. The normalized spacial score (nSPS) is 15.8. The Bertz CT molecular complexity index is 793. The van der Waals surface area contributed by atoms with Gasteiger partial charge in [-0.25, -0.2) is 4.68 Å². The summed E-state index contributed by atoms with van der Waals surface area (Å²) in [5.41, 5.74) is 3.61. The lowest BCUT2D eigenvalue weighted by molar-refractivity contribution is 0.0688. The number of nitrogens with one attached hydrogen (secondary N) is 1. The topological polar surface area (TPSA) is 50.2 Å². The van der Waals surface area contributed by atoms with Gasteiger partial charge in [0.2, 0.25) is 0 Å². The Morgan fingerprint density at radius 2 is 1.82 bits per heavy atom. The van der Waals surface area contributed by atoms with E-state index in [9.17, 15) is 4.79 Å². The highest BCUT2D eigenvalue weighted by Crippen LogP contribution is 2.28. The van der Waals surface area contributed by atoms with Crippen LogP contribution in [0.15, 0.2) is 30.5 Å². The molecule has 152 valence electrons. The van der Waals surface area contributed by atoms with E-state index in [2.05, 4.69) is 64.2 Å². The van der Waals surface area contributed by atoms with E-state index in [1.165, 1.54) is 5.56 Å². The number of amides is 1. The SMILES string of the molecule is CCNCC1CCN(C(=O)c2cn(-c3ccc(C)cc3)nc2C(C)(C)C)CC1. The third-order valence-corrected chi connectivity index (χ3v) is 5.54. The van der Waals surface area contributed by atoms with Gasteiger partial charge in [-0.3, -0.25) is 4.79 Å². The highest BCUT2D eigenvalue weighted by Gasteiger charge is 2.31. The summed E-state index contributed by atoms with van der Waals surface area (Å²) in [7, 11) is 0. The molecule has 0 saturated carbocycles. The summed E-state index contributed by atoms with van der Waals surface area (Å²) in [6, 6.07) is 8.25. The van der Waals surface area contributed by atoms with Crippen LogP contribution >= 0.6 is 0 Å². The van der Waals surface area contributed by atoms with E-state index in [1.807, 2.05) is 15.8 Å². The molecule has 1 amide bonds. The summed E-state index contributed by atoms with van der Waals surface area (Å²) >= 11 is 0. The molecule has 0 spiro atoms. The van der Waals surface area contributed by atoms with Crippen molar-refractivity contribution in [2.24, 2.45) is 5.92 Å². The van der Waals surface area contributed by atoms with Crippen LogP contribution in [-0.4, -0.2) is 46.8 Å². The molecule has 1 aromatic heterocycles. The molecule has 28 heavy (non-hydrogen) atoms. The average Bonchev–Trinajstić information content (AvgIpc) is 3.13. The second kappa shape index (κ2) is 8.48. The van der Waals surface area contributed by atoms with E-state index in [0.29, 0.717) is 5.92 Å². The third-order valence-electron chi connectivity index (χ3n) is 5.54. The number of aryl methyl sites for hydroxylation is 1. The van der Waals surface area contributed by atoms with E-state index in [0.717, 1.165) is 56.0 Å². The molecule has 2 heterocycles. The van der Waals surface area contributed by atoms with Crippen LogP contribution in [-0.2, 0) is 5.41 Å². The van der Waals surface area contributed by atoms with Crippen molar-refractivity contribution >= 4 is 5.91 Å². The summed E-state index contributed by atoms with van der Waals surface area (Å²) < 4.78 is 1.85. The summed E-state index contributed by atoms with van der Waals surface area (Å²) in [6.45, 7) is 14.3. The van der Waals surface area contributed by atoms with Gasteiger partial charge in [-0.2, -0.15) is 5.10 Å². The molecular weight excluding hydrogens is 348 g/mol. The lowest BCUT2D eigenvalue weighted by Gasteiger charge is -2.32. The average molecular weight is 383 g/mol. The maximum atomic E-state index is 13.3. The van der Waals surface area contributed by atoms with E-state index >= 15 is 0 Å². The standard InChI is InChI=1S/C23H34N4O/c1-6-24-15-18-11-13-26(14-12-18)22(28)20-16-27(25-21(20)23(3,4)5)19-9-7-17(2)8-10-19/h7-10,16,18,24H,6,11-15H2,1-5H3.